The van der Waals surface area contributed by atoms with E-state index in [4.69, 9.17) is 0 Å². The van der Waals surface area contributed by atoms with Crippen LogP contribution in [0.5, 0.6) is 0 Å². The summed E-state index contributed by atoms with van der Waals surface area (Å²) in [5.74, 6) is 0. The first-order valence-corrected chi connectivity index (χ1v) is 10.8. The molecule has 2 aliphatic rings. The van der Waals surface area contributed by atoms with Crippen LogP contribution in [0.1, 0.15) is 28.7 Å². The molecule has 4 aromatic carbocycles. The number of benzene rings is 4. The van der Waals surface area contributed by atoms with Crippen molar-refractivity contribution in [3.8, 4) is 0 Å². The van der Waals surface area contributed by atoms with Crippen molar-refractivity contribution in [2.75, 3.05) is 0 Å². The third-order valence-electron chi connectivity index (χ3n) is 6.17. The summed E-state index contributed by atoms with van der Waals surface area (Å²) in [6, 6.07) is 34.7. The first kappa shape index (κ1) is 20.8. The topological polar surface area (TPSA) is 0 Å². The molecule has 2 aliphatic carbocycles. The van der Waals surface area contributed by atoms with Gasteiger partial charge in [0.05, 0.1) is 0 Å². The van der Waals surface area contributed by atoms with E-state index in [-0.39, 0.29) is 25.8 Å². The molecular formula is C31H21Hf-. The van der Waals surface area contributed by atoms with Gasteiger partial charge in [-0.2, -0.15) is 0 Å². The van der Waals surface area contributed by atoms with Crippen molar-refractivity contribution in [1.82, 2.24) is 0 Å². The van der Waals surface area contributed by atoms with Gasteiger partial charge < -0.3 is 0 Å². The zero-order valence-corrected chi connectivity index (χ0v) is 21.3. The molecule has 0 saturated heterocycles. The molecule has 0 atom stereocenters. The Morgan fingerprint density at radius 3 is 1.97 bits per heavy atom. The fourth-order valence-electron chi connectivity index (χ4n) is 4.78. The van der Waals surface area contributed by atoms with E-state index in [1.54, 1.807) is 0 Å². The van der Waals surface area contributed by atoms with Crippen LogP contribution < -0.4 is 10.4 Å². The Hall–Kier alpha value is -3.03. The molecule has 0 heterocycles. The zero-order chi connectivity index (χ0) is 20.6. The minimum absolute atomic E-state index is 0. The molecule has 0 bridgehead atoms. The van der Waals surface area contributed by atoms with E-state index >= 15 is 0 Å². The van der Waals surface area contributed by atoms with Gasteiger partial charge in [0, 0.05) is 25.8 Å². The average Bonchev–Trinajstić information content (AvgIpc) is 3.49. The first-order chi connectivity index (χ1) is 15.4. The molecule has 0 fully saturated rings. The molecule has 0 nitrogen and oxygen atoms in total. The van der Waals surface area contributed by atoms with Crippen LogP contribution in [-0.4, -0.2) is 0 Å². The molecule has 6 rings (SSSR count). The molecule has 1 heteroatoms. The van der Waals surface area contributed by atoms with E-state index in [2.05, 4.69) is 121 Å². The average molecular weight is 572 g/mol. The fourth-order valence-corrected chi connectivity index (χ4v) is 4.78. The van der Waals surface area contributed by atoms with Crippen molar-refractivity contribution in [2.45, 2.75) is 6.42 Å². The number of hydrogen-bond donors (Lipinski definition) is 0. The van der Waals surface area contributed by atoms with E-state index in [0.29, 0.717) is 0 Å². The number of fused-ring (bicyclic) bond motifs is 2. The van der Waals surface area contributed by atoms with Gasteiger partial charge in [0.2, 0.25) is 0 Å². The molecule has 0 spiro atoms. The van der Waals surface area contributed by atoms with Gasteiger partial charge in [0.1, 0.15) is 0 Å². The third kappa shape index (κ3) is 3.51. The van der Waals surface area contributed by atoms with Crippen molar-refractivity contribution in [3.05, 3.63) is 158 Å². The summed E-state index contributed by atoms with van der Waals surface area (Å²) in [5, 5.41) is 5.01. The summed E-state index contributed by atoms with van der Waals surface area (Å²) < 4.78 is 0. The summed E-state index contributed by atoms with van der Waals surface area (Å²) in [7, 11) is 0. The Labute approximate surface area is 207 Å². The van der Waals surface area contributed by atoms with Crippen molar-refractivity contribution < 1.29 is 25.8 Å². The number of rotatable bonds is 3. The second-order valence-corrected chi connectivity index (χ2v) is 8.01. The van der Waals surface area contributed by atoms with E-state index in [1.807, 2.05) is 0 Å². The van der Waals surface area contributed by atoms with Crippen LogP contribution in [0.2, 0.25) is 0 Å². The summed E-state index contributed by atoms with van der Waals surface area (Å²) in [6.07, 6.45) is 11.4. The maximum absolute atomic E-state index is 3.74. The minimum atomic E-state index is 0. The summed E-state index contributed by atoms with van der Waals surface area (Å²) in [5.41, 5.74) is 7.62. The molecule has 0 amide bonds. The predicted molar refractivity (Wildman–Crippen MR) is 129 cm³/mol. The van der Waals surface area contributed by atoms with E-state index in [0.717, 1.165) is 6.42 Å². The van der Waals surface area contributed by atoms with Gasteiger partial charge in [0.25, 0.3) is 0 Å². The predicted octanol–water partition coefficient (Wildman–Crippen LogP) is 5.58. The number of hydrogen-bond acceptors (Lipinski definition) is 0. The Bertz CT molecular complexity index is 1530. The van der Waals surface area contributed by atoms with Crippen LogP contribution in [0.25, 0.3) is 17.2 Å². The van der Waals surface area contributed by atoms with Gasteiger partial charge in [0.15, 0.2) is 0 Å². The normalized spacial score (nSPS) is 12.9. The first-order valence-electron chi connectivity index (χ1n) is 10.8. The van der Waals surface area contributed by atoms with Crippen LogP contribution in [0.4, 0.5) is 0 Å². The maximum Gasteiger partial charge on any atom is 0 e. The van der Waals surface area contributed by atoms with Gasteiger partial charge in [-0.1, -0.05) is 120 Å². The van der Waals surface area contributed by atoms with E-state index in [1.165, 1.54) is 54.3 Å². The number of allylic oxidation sites excluding steroid dienone is 4. The van der Waals surface area contributed by atoms with Crippen LogP contribution in [0.15, 0.2) is 115 Å². The molecule has 150 valence electrons. The largest absolute Gasteiger partial charge is 0.123 e. The second kappa shape index (κ2) is 8.84. The molecule has 0 N–H and O–H groups in total. The molecule has 32 heavy (non-hydrogen) atoms. The van der Waals surface area contributed by atoms with Crippen LogP contribution >= 0.6 is 0 Å². The molecule has 0 aromatic heterocycles. The second-order valence-electron chi connectivity index (χ2n) is 8.01. The molecular weight excluding hydrogens is 551 g/mol. The minimum Gasteiger partial charge on any atom is -0.123 e. The SMILES string of the molecule is [C-]1=c2ccccc2=c2ccc(=C(c3ccccc3)c3ccccc3)c(C3=CC=CC3)c21.[Hf]. The quantitative estimate of drug-likeness (QED) is 0.196. The van der Waals surface area contributed by atoms with Crippen molar-refractivity contribution in [2.24, 2.45) is 0 Å². The molecule has 0 saturated carbocycles. The van der Waals surface area contributed by atoms with E-state index < -0.39 is 0 Å². The van der Waals surface area contributed by atoms with Gasteiger partial charge in [-0.05, 0) is 28.3 Å². The zero-order valence-electron chi connectivity index (χ0n) is 17.7. The molecule has 0 radical (unpaired) electrons. The fraction of sp³-hybridized carbons (Fsp3) is 0.0323. The summed E-state index contributed by atoms with van der Waals surface area (Å²) in [4.78, 5) is 0. The van der Waals surface area contributed by atoms with Crippen molar-refractivity contribution in [3.63, 3.8) is 0 Å². The molecule has 0 aliphatic heterocycles. The van der Waals surface area contributed by atoms with Crippen molar-refractivity contribution in [1.29, 1.82) is 0 Å². The van der Waals surface area contributed by atoms with Gasteiger partial charge in [-0.15, -0.1) is 33.4 Å². The Balaban J connectivity index is 0.00000216. The summed E-state index contributed by atoms with van der Waals surface area (Å²) in [6.45, 7) is 0. The van der Waals surface area contributed by atoms with Gasteiger partial charge >= 0.3 is 0 Å². The Morgan fingerprint density at radius 1 is 0.656 bits per heavy atom. The van der Waals surface area contributed by atoms with Crippen LogP contribution in [0, 0.1) is 10.4 Å². The maximum atomic E-state index is 3.74. The Kier molecular flexibility index (Phi) is 5.76. The van der Waals surface area contributed by atoms with Crippen LogP contribution in [-0.2, 0) is 25.8 Å². The van der Waals surface area contributed by atoms with E-state index in [9.17, 15) is 0 Å². The smallest absolute Gasteiger partial charge is 0 e. The molecule has 0 unspecified atom stereocenters. The van der Waals surface area contributed by atoms with Crippen LogP contribution in [0.3, 0.4) is 0 Å². The van der Waals surface area contributed by atoms with Gasteiger partial charge in [-0.3, -0.25) is 0 Å². The van der Waals surface area contributed by atoms with Gasteiger partial charge in [-0.25, -0.2) is 0 Å². The Morgan fingerprint density at radius 2 is 1.31 bits per heavy atom. The monoisotopic (exact) mass is 573 g/mol. The standard InChI is InChI=1S/C31H21.Hf/c1-3-11-22(12-4-1)30(23-13-5-2-6-14-23)28-20-19-27-26-18-10-9-17-25(26)21-29(27)31(28)24-15-7-8-16-24;/h1-15,17-20H,16H2;/q-1;. The third-order valence-corrected chi connectivity index (χ3v) is 6.17. The van der Waals surface area contributed by atoms with Crippen molar-refractivity contribution >= 4 is 17.2 Å². The molecule has 4 aromatic rings. The summed E-state index contributed by atoms with van der Waals surface area (Å²) >= 11 is 0.